The highest BCUT2D eigenvalue weighted by Crippen LogP contribution is 2.10. The molecule has 0 saturated carbocycles. The highest BCUT2D eigenvalue weighted by molar-refractivity contribution is 5.79. The molecule has 0 spiro atoms. The lowest BCUT2D eigenvalue weighted by Gasteiger charge is -2.22. The van der Waals surface area contributed by atoms with E-state index in [1.54, 1.807) is 7.05 Å². The summed E-state index contributed by atoms with van der Waals surface area (Å²) in [6, 6.07) is 0. The second-order valence-electron chi connectivity index (χ2n) is 5.01. The molecule has 0 aromatic carbocycles. The minimum absolute atomic E-state index is 0.384. The minimum atomic E-state index is 0.384. The van der Waals surface area contributed by atoms with Gasteiger partial charge >= 0.3 is 0 Å². The van der Waals surface area contributed by atoms with Crippen LogP contribution >= 0.6 is 0 Å². The molecular formula is C15H31N3O3. The van der Waals surface area contributed by atoms with Crippen LogP contribution in [0.3, 0.4) is 0 Å². The molecule has 0 radical (unpaired) electrons. The van der Waals surface area contributed by atoms with E-state index in [9.17, 15) is 0 Å². The van der Waals surface area contributed by atoms with E-state index >= 15 is 0 Å². The molecule has 0 amide bonds. The second kappa shape index (κ2) is 12.9. The third-order valence-electron chi connectivity index (χ3n) is 3.32. The Morgan fingerprint density at radius 3 is 2.43 bits per heavy atom. The summed E-state index contributed by atoms with van der Waals surface area (Å²) in [5.41, 5.74) is 0. The van der Waals surface area contributed by atoms with Crippen LogP contribution in [0.2, 0.25) is 0 Å². The fraction of sp³-hybridized carbons (Fsp3) is 0.933. The fourth-order valence-corrected chi connectivity index (χ4v) is 2.12. The molecule has 21 heavy (non-hydrogen) atoms. The first-order chi connectivity index (χ1) is 10.4. The van der Waals surface area contributed by atoms with Gasteiger partial charge < -0.3 is 24.8 Å². The summed E-state index contributed by atoms with van der Waals surface area (Å²) in [5, 5.41) is 6.56. The maximum atomic E-state index is 5.83. The van der Waals surface area contributed by atoms with Crippen molar-refractivity contribution in [3.8, 4) is 0 Å². The third kappa shape index (κ3) is 9.66. The molecule has 1 aliphatic rings. The molecule has 6 heteroatoms. The average molecular weight is 301 g/mol. The van der Waals surface area contributed by atoms with E-state index in [1.807, 2.05) is 6.92 Å². The van der Waals surface area contributed by atoms with Gasteiger partial charge in [-0.25, -0.2) is 0 Å². The zero-order chi connectivity index (χ0) is 15.2. The lowest BCUT2D eigenvalue weighted by atomic mass is 10.1. The van der Waals surface area contributed by atoms with Crippen LogP contribution in [-0.4, -0.2) is 65.2 Å². The Kier molecular flexibility index (Phi) is 11.1. The summed E-state index contributed by atoms with van der Waals surface area (Å²) in [6.07, 6.45) is 4.40. The van der Waals surface area contributed by atoms with Gasteiger partial charge in [-0.1, -0.05) is 0 Å². The van der Waals surface area contributed by atoms with E-state index in [-0.39, 0.29) is 0 Å². The summed E-state index contributed by atoms with van der Waals surface area (Å²) >= 11 is 0. The molecule has 6 nitrogen and oxygen atoms in total. The number of guanidine groups is 1. The van der Waals surface area contributed by atoms with Crippen molar-refractivity contribution < 1.29 is 14.2 Å². The third-order valence-corrected chi connectivity index (χ3v) is 3.32. The SMILES string of the molecule is CCOCCCNC(=NC)NCCCOC1CCOCC1. The van der Waals surface area contributed by atoms with Crippen molar-refractivity contribution in [3.63, 3.8) is 0 Å². The van der Waals surface area contributed by atoms with E-state index < -0.39 is 0 Å². The lowest BCUT2D eigenvalue weighted by molar-refractivity contribution is -0.0320. The van der Waals surface area contributed by atoms with Crippen molar-refractivity contribution in [2.45, 2.75) is 38.7 Å². The predicted octanol–water partition coefficient (Wildman–Crippen LogP) is 1.16. The summed E-state index contributed by atoms with van der Waals surface area (Å²) < 4.78 is 16.4. The topological polar surface area (TPSA) is 64.1 Å². The molecule has 1 aliphatic heterocycles. The summed E-state index contributed by atoms with van der Waals surface area (Å²) in [5.74, 6) is 0.845. The Hall–Kier alpha value is -0.850. The van der Waals surface area contributed by atoms with Crippen LogP contribution in [0.15, 0.2) is 4.99 Å². The van der Waals surface area contributed by atoms with E-state index in [1.165, 1.54) is 0 Å². The first-order valence-electron chi connectivity index (χ1n) is 8.08. The number of aliphatic imine (C=N–C) groups is 1. The number of ether oxygens (including phenoxy) is 3. The van der Waals surface area contributed by atoms with Gasteiger partial charge in [0.25, 0.3) is 0 Å². The van der Waals surface area contributed by atoms with E-state index in [4.69, 9.17) is 14.2 Å². The molecule has 0 aromatic heterocycles. The summed E-state index contributed by atoms with van der Waals surface area (Å²) in [7, 11) is 1.79. The van der Waals surface area contributed by atoms with Crippen LogP contribution in [0.5, 0.6) is 0 Å². The molecule has 1 heterocycles. The van der Waals surface area contributed by atoms with Gasteiger partial charge in [-0.2, -0.15) is 0 Å². The van der Waals surface area contributed by atoms with Crippen molar-refractivity contribution in [1.82, 2.24) is 10.6 Å². The van der Waals surface area contributed by atoms with Gasteiger partial charge in [-0.15, -0.1) is 0 Å². The Morgan fingerprint density at radius 2 is 1.81 bits per heavy atom. The van der Waals surface area contributed by atoms with E-state index in [0.29, 0.717) is 6.10 Å². The van der Waals surface area contributed by atoms with Gasteiger partial charge in [0.2, 0.25) is 0 Å². The number of hydrogen-bond donors (Lipinski definition) is 2. The smallest absolute Gasteiger partial charge is 0.190 e. The maximum Gasteiger partial charge on any atom is 0.190 e. The van der Waals surface area contributed by atoms with Crippen LogP contribution < -0.4 is 10.6 Å². The molecule has 1 fully saturated rings. The fourth-order valence-electron chi connectivity index (χ4n) is 2.12. The van der Waals surface area contributed by atoms with Gasteiger partial charge in [-0.05, 0) is 32.6 Å². The first-order valence-corrected chi connectivity index (χ1v) is 8.08. The van der Waals surface area contributed by atoms with Crippen LogP contribution in [0.1, 0.15) is 32.6 Å². The lowest BCUT2D eigenvalue weighted by Crippen LogP contribution is -2.38. The molecule has 0 aromatic rings. The molecule has 0 atom stereocenters. The molecular weight excluding hydrogens is 270 g/mol. The largest absolute Gasteiger partial charge is 0.382 e. The standard InChI is InChI=1S/C15H31N3O3/c1-3-19-10-4-8-17-15(16-2)18-9-5-11-21-14-6-12-20-13-7-14/h14H,3-13H2,1-2H3,(H2,16,17,18). The molecule has 1 rings (SSSR count). The molecule has 2 N–H and O–H groups in total. The van der Waals surface area contributed by atoms with Crippen molar-refractivity contribution in [3.05, 3.63) is 0 Å². The molecule has 0 unspecified atom stereocenters. The van der Waals surface area contributed by atoms with Crippen molar-refractivity contribution in [1.29, 1.82) is 0 Å². The summed E-state index contributed by atoms with van der Waals surface area (Å²) in [6.45, 7) is 7.78. The molecule has 0 aliphatic carbocycles. The predicted molar refractivity (Wildman–Crippen MR) is 84.9 cm³/mol. The van der Waals surface area contributed by atoms with Gasteiger partial charge in [0, 0.05) is 53.2 Å². The highest BCUT2D eigenvalue weighted by atomic mass is 16.5. The normalized spacial score (nSPS) is 17.0. The van der Waals surface area contributed by atoms with Crippen molar-refractivity contribution >= 4 is 5.96 Å². The van der Waals surface area contributed by atoms with Crippen LogP contribution in [0.4, 0.5) is 0 Å². The van der Waals surface area contributed by atoms with Gasteiger partial charge in [0.1, 0.15) is 0 Å². The van der Waals surface area contributed by atoms with Crippen LogP contribution in [0.25, 0.3) is 0 Å². The van der Waals surface area contributed by atoms with E-state index in [2.05, 4.69) is 15.6 Å². The quantitative estimate of drug-likeness (QED) is 0.360. The monoisotopic (exact) mass is 301 g/mol. The van der Waals surface area contributed by atoms with Gasteiger partial charge in [0.15, 0.2) is 5.96 Å². The first kappa shape index (κ1) is 18.2. The Morgan fingerprint density at radius 1 is 1.14 bits per heavy atom. The zero-order valence-corrected chi connectivity index (χ0v) is 13.5. The molecule has 1 saturated heterocycles. The molecule has 0 bridgehead atoms. The average Bonchev–Trinajstić information content (AvgIpc) is 2.53. The van der Waals surface area contributed by atoms with Gasteiger partial charge in [0.05, 0.1) is 6.10 Å². The Labute approximate surface area is 128 Å². The minimum Gasteiger partial charge on any atom is -0.382 e. The zero-order valence-electron chi connectivity index (χ0n) is 13.5. The van der Waals surface area contributed by atoms with Crippen LogP contribution in [-0.2, 0) is 14.2 Å². The van der Waals surface area contributed by atoms with Crippen LogP contribution in [0, 0.1) is 0 Å². The Bertz CT molecular complexity index is 269. The highest BCUT2D eigenvalue weighted by Gasteiger charge is 2.13. The number of hydrogen-bond acceptors (Lipinski definition) is 4. The summed E-state index contributed by atoms with van der Waals surface area (Å²) in [4.78, 5) is 4.19. The number of nitrogens with one attached hydrogen (secondary N) is 2. The van der Waals surface area contributed by atoms with E-state index in [0.717, 1.165) is 77.8 Å². The second-order valence-corrected chi connectivity index (χ2v) is 5.01. The number of nitrogens with zero attached hydrogens (tertiary/aromatic N) is 1. The molecule has 124 valence electrons. The van der Waals surface area contributed by atoms with Gasteiger partial charge in [-0.3, -0.25) is 4.99 Å². The Balaban J connectivity index is 1.94. The van der Waals surface area contributed by atoms with Crippen molar-refractivity contribution in [2.75, 3.05) is 53.2 Å². The number of rotatable bonds is 10. The van der Waals surface area contributed by atoms with Crippen molar-refractivity contribution in [2.24, 2.45) is 4.99 Å². The maximum absolute atomic E-state index is 5.83.